The Kier molecular flexibility index (Phi) is 4.18. The van der Waals surface area contributed by atoms with E-state index in [1.54, 1.807) is 39.8 Å². The first-order valence-corrected chi connectivity index (χ1v) is 7.37. The number of fused-ring (bicyclic) bond motifs is 1. The van der Waals surface area contributed by atoms with Crippen LogP contribution in [0.3, 0.4) is 0 Å². The fourth-order valence-electron chi connectivity index (χ4n) is 1.88. The molecule has 0 amide bonds. The first-order valence-electron chi connectivity index (χ1n) is 6.58. The summed E-state index contributed by atoms with van der Waals surface area (Å²) in [6, 6.07) is 4.54. The van der Waals surface area contributed by atoms with Gasteiger partial charge in [-0.05, 0) is 45.9 Å². The lowest BCUT2D eigenvalue weighted by atomic mass is 10.2. The molecule has 0 bridgehead atoms. The number of aromatic nitrogens is 2. The van der Waals surface area contributed by atoms with Gasteiger partial charge in [0.2, 0.25) is 0 Å². The van der Waals surface area contributed by atoms with Gasteiger partial charge in [-0.1, -0.05) is 15.9 Å². The summed E-state index contributed by atoms with van der Waals surface area (Å²) in [6.07, 6.45) is 1.38. The van der Waals surface area contributed by atoms with Crippen molar-refractivity contribution in [2.24, 2.45) is 0 Å². The Morgan fingerprint density at radius 2 is 2.05 bits per heavy atom. The van der Waals surface area contributed by atoms with E-state index in [1.807, 2.05) is 6.07 Å². The molecule has 0 fully saturated rings. The Labute approximate surface area is 131 Å². The molecular weight excluding hydrogens is 336 g/mol. The maximum absolute atomic E-state index is 12.5. The van der Waals surface area contributed by atoms with Gasteiger partial charge < -0.3 is 4.74 Å². The summed E-state index contributed by atoms with van der Waals surface area (Å²) >= 11 is 3.33. The monoisotopic (exact) mass is 352 g/mol. The molecule has 0 radical (unpaired) electrons. The summed E-state index contributed by atoms with van der Waals surface area (Å²) in [5, 5.41) is 0.460. The van der Waals surface area contributed by atoms with E-state index in [9.17, 15) is 9.59 Å². The molecule has 1 heterocycles. The summed E-state index contributed by atoms with van der Waals surface area (Å²) in [5.74, 6) is -0.458. The van der Waals surface area contributed by atoms with E-state index in [-0.39, 0.29) is 5.56 Å². The molecule has 1 aromatic carbocycles. The molecule has 21 heavy (non-hydrogen) atoms. The van der Waals surface area contributed by atoms with E-state index >= 15 is 0 Å². The molecule has 0 aliphatic carbocycles. The summed E-state index contributed by atoms with van der Waals surface area (Å²) in [5.41, 5.74) is -0.266. The number of rotatable bonds is 2. The number of carbonyl (C=O) groups excluding carboxylic acids is 1. The molecule has 2 aromatic rings. The molecule has 1 atom stereocenters. The van der Waals surface area contributed by atoms with Gasteiger partial charge in [0.1, 0.15) is 11.6 Å². The van der Waals surface area contributed by atoms with Crippen LogP contribution in [0, 0.1) is 0 Å². The summed E-state index contributed by atoms with van der Waals surface area (Å²) in [6.45, 7) is 6.99. The predicted molar refractivity (Wildman–Crippen MR) is 84.3 cm³/mol. The van der Waals surface area contributed by atoms with Gasteiger partial charge in [0, 0.05) is 4.47 Å². The van der Waals surface area contributed by atoms with Crippen molar-refractivity contribution < 1.29 is 9.53 Å². The molecule has 0 aliphatic rings. The number of nitrogens with zero attached hydrogens (tertiary/aromatic N) is 2. The maximum atomic E-state index is 12.5. The Morgan fingerprint density at radius 1 is 1.38 bits per heavy atom. The number of halogens is 1. The van der Waals surface area contributed by atoms with Crippen molar-refractivity contribution in [2.75, 3.05) is 0 Å². The van der Waals surface area contributed by atoms with Gasteiger partial charge >= 0.3 is 5.97 Å². The first kappa shape index (κ1) is 15.7. The third-order valence-electron chi connectivity index (χ3n) is 2.91. The van der Waals surface area contributed by atoms with Crippen molar-refractivity contribution in [1.82, 2.24) is 9.55 Å². The van der Waals surface area contributed by atoms with Crippen LogP contribution in [-0.2, 0) is 9.53 Å². The predicted octanol–water partition coefficient (Wildman–Crippen LogP) is 3.06. The number of esters is 1. The molecule has 0 saturated carbocycles. The maximum Gasteiger partial charge on any atom is 0.329 e. The van der Waals surface area contributed by atoms with Crippen molar-refractivity contribution in [3.05, 3.63) is 39.4 Å². The van der Waals surface area contributed by atoms with Crippen molar-refractivity contribution in [2.45, 2.75) is 39.3 Å². The average molecular weight is 353 g/mol. The zero-order valence-electron chi connectivity index (χ0n) is 12.4. The second kappa shape index (κ2) is 5.60. The largest absolute Gasteiger partial charge is 0.458 e. The quantitative estimate of drug-likeness (QED) is 0.779. The summed E-state index contributed by atoms with van der Waals surface area (Å²) in [7, 11) is 0. The first-order chi connectivity index (χ1) is 9.69. The summed E-state index contributed by atoms with van der Waals surface area (Å²) in [4.78, 5) is 28.8. The van der Waals surface area contributed by atoms with E-state index in [0.29, 0.717) is 10.9 Å². The molecule has 0 saturated heterocycles. The van der Waals surface area contributed by atoms with Crippen molar-refractivity contribution in [3.8, 4) is 0 Å². The van der Waals surface area contributed by atoms with Crippen LogP contribution < -0.4 is 5.56 Å². The van der Waals surface area contributed by atoms with Crippen LogP contribution in [0.1, 0.15) is 33.7 Å². The third-order valence-corrected chi connectivity index (χ3v) is 3.40. The Bertz CT molecular complexity index is 747. The second-order valence-corrected chi connectivity index (χ2v) is 6.74. The molecule has 2 rings (SSSR count). The minimum atomic E-state index is -0.729. The van der Waals surface area contributed by atoms with Crippen LogP contribution in [-0.4, -0.2) is 21.1 Å². The number of hydrogen-bond acceptors (Lipinski definition) is 4. The average Bonchev–Trinajstić information content (AvgIpc) is 2.37. The molecule has 0 N–H and O–H groups in total. The van der Waals surface area contributed by atoms with Gasteiger partial charge in [0.25, 0.3) is 5.56 Å². The van der Waals surface area contributed by atoms with Gasteiger partial charge in [0.15, 0.2) is 0 Å². The highest BCUT2D eigenvalue weighted by molar-refractivity contribution is 9.10. The fraction of sp³-hybridized carbons (Fsp3) is 0.400. The smallest absolute Gasteiger partial charge is 0.329 e. The van der Waals surface area contributed by atoms with Gasteiger partial charge in [-0.15, -0.1) is 0 Å². The van der Waals surface area contributed by atoms with Crippen LogP contribution in [0.2, 0.25) is 0 Å². The zero-order valence-corrected chi connectivity index (χ0v) is 14.0. The topological polar surface area (TPSA) is 61.2 Å². The fourth-order valence-corrected chi connectivity index (χ4v) is 2.25. The Hall–Kier alpha value is -1.69. The van der Waals surface area contributed by atoms with Crippen LogP contribution in [0.25, 0.3) is 10.9 Å². The van der Waals surface area contributed by atoms with E-state index in [1.165, 1.54) is 10.9 Å². The lowest BCUT2D eigenvalue weighted by Gasteiger charge is -2.23. The van der Waals surface area contributed by atoms with E-state index < -0.39 is 17.6 Å². The number of carbonyl (C=O) groups is 1. The van der Waals surface area contributed by atoms with E-state index in [2.05, 4.69) is 20.9 Å². The number of benzene rings is 1. The molecule has 0 aliphatic heterocycles. The highest BCUT2D eigenvalue weighted by atomic mass is 79.9. The third kappa shape index (κ3) is 3.50. The van der Waals surface area contributed by atoms with E-state index in [4.69, 9.17) is 4.74 Å². The van der Waals surface area contributed by atoms with Gasteiger partial charge in [0.05, 0.1) is 17.2 Å². The molecule has 1 aromatic heterocycles. The standard InChI is InChI=1S/C15H17BrN2O3/c1-9(14(20)21-15(2,3)4)18-8-17-12-6-5-10(16)7-11(12)13(18)19/h5-9H,1-4H3. The Morgan fingerprint density at radius 3 is 2.67 bits per heavy atom. The van der Waals surface area contributed by atoms with Crippen LogP contribution in [0.15, 0.2) is 33.8 Å². The summed E-state index contributed by atoms with van der Waals surface area (Å²) < 4.78 is 7.39. The Balaban J connectivity index is 2.45. The van der Waals surface area contributed by atoms with Crippen LogP contribution in [0.5, 0.6) is 0 Å². The number of ether oxygens (including phenoxy) is 1. The van der Waals surface area contributed by atoms with E-state index in [0.717, 1.165) is 4.47 Å². The zero-order chi connectivity index (χ0) is 15.8. The molecule has 1 unspecified atom stereocenters. The van der Waals surface area contributed by atoms with Crippen LogP contribution >= 0.6 is 15.9 Å². The minimum Gasteiger partial charge on any atom is -0.458 e. The van der Waals surface area contributed by atoms with Gasteiger partial charge in [-0.2, -0.15) is 0 Å². The molecule has 0 spiro atoms. The SMILES string of the molecule is CC(C(=O)OC(C)(C)C)n1cnc2ccc(Br)cc2c1=O. The highest BCUT2D eigenvalue weighted by Crippen LogP contribution is 2.17. The minimum absolute atomic E-state index is 0.264. The van der Waals surface area contributed by atoms with Crippen molar-refractivity contribution >= 4 is 32.8 Å². The molecule has 5 nitrogen and oxygen atoms in total. The molecule has 112 valence electrons. The lowest BCUT2D eigenvalue weighted by Crippen LogP contribution is -2.33. The number of hydrogen-bond donors (Lipinski definition) is 0. The molecule has 6 heteroatoms. The molecular formula is C15H17BrN2O3. The normalized spacial score (nSPS) is 13.2. The lowest BCUT2D eigenvalue weighted by molar-refractivity contribution is -0.158. The van der Waals surface area contributed by atoms with Crippen molar-refractivity contribution in [3.63, 3.8) is 0 Å². The second-order valence-electron chi connectivity index (χ2n) is 5.83. The van der Waals surface area contributed by atoms with Crippen LogP contribution in [0.4, 0.5) is 0 Å². The highest BCUT2D eigenvalue weighted by Gasteiger charge is 2.24. The van der Waals surface area contributed by atoms with Crippen molar-refractivity contribution in [1.29, 1.82) is 0 Å². The van der Waals surface area contributed by atoms with Gasteiger partial charge in [-0.25, -0.2) is 9.78 Å². The van der Waals surface area contributed by atoms with Gasteiger partial charge in [-0.3, -0.25) is 9.36 Å².